The summed E-state index contributed by atoms with van der Waals surface area (Å²) in [5.41, 5.74) is 1.79. The van der Waals surface area contributed by atoms with E-state index in [4.69, 9.17) is 11.6 Å². The Morgan fingerprint density at radius 1 is 1.47 bits per heavy atom. The Balaban J connectivity index is 2.29. The summed E-state index contributed by atoms with van der Waals surface area (Å²) in [6.45, 7) is 1.68. The van der Waals surface area contributed by atoms with Gasteiger partial charge in [0.25, 0.3) is 0 Å². The average Bonchev–Trinajstić information content (AvgIpc) is 3.00. The van der Waals surface area contributed by atoms with Crippen molar-refractivity contribution in [2.75, 3.05) is 27.7 Å². The molecule has 8 heteroatoms. The molecule has 0 radical (unpaired) electrons. The lowest BCUT2D eigenvalue weighted by Crippen LogP contribution is -2.25. The van der Waals surface area contributed by atoms with Crippen LogP contribution >= 0.6 is 23.3 Å². The second-order valence-corrected chi connectivity index (χ2v) is 5.42. The number of likely N-dealkylation sites (N-methyl/N-ethyl adjacent to an activating group) is 1. The monoisotopic (exact) mass is 300 g/mol. The molecule has 1 N–H and O–H groups in total. The molecule has 0 aliphatic rings. The van der Waals surface area contributed by atoms with E-state index in [-0.39, 0.29) is 6.04 Å². The summed E-state index contributed by atoms with van der Waals surface area (Å²) in [5.74, 6) is 0. The molecule has 6 nitrogen and oxygen atoms in total. The van der Waals surface area contributed by atoms with Crippen LogP contribution in [0.4, 0.5) is 0 Å². The quantitative estimate of drug-likeness (QED) is 0.870. The van der Waals surface area contributed by atoms with Gasteiger partial charge >= 0.3 is 0 Å². The number of nitrogens with one attached hydrogen (secondary N) is 1. The van der Waals surface area contributed by atoms with Gasteiger partial charge in [0.15, 0.2) is 0 Å². The van der Waals surface area contributed by atoms with E-state index in [1.165, 1.54) is 11.7 Å². The van der Waals surface area contributed by atoms with Crippen molar-refractivity contribution in [3.63, 3.8) is 0 Å². The minimum atomic E-state index is -0.0871. The summed E-state index contributed by atoms with van der Waals surface area (Å²) < 4.78 is 10.2. The Hall–Kier alpha value is -1.02. The van der Waals surface area contributed by atoms with Crippen molar-refractivity contribution in [1.82, 2.24) is 28.7 Å². The van der Waals surface area contributed by atoms with Crippen molar-refractivity contribution in [2.45, 2.75) is 12.6 Å². The number of hydrogen-bond acceptors (Lipinski definition) is 6. The topological polar surface area (TPSA) is 58.9 Å². The first kappa shape index (κ1) is 14.4. The van der Waals surface area contributed by atoms with Gasteiger partial charge < -0.3 is 10.2 Å². The number of aromatic nitrogens is 4. The Bertz CT molecular complexity index is 509. The predicted octanol–water partition coefficient (Wildman–Crippen LogP) is 1.26. The van der Waals surface area contributed by atoms with Gasteiger partial charge in [-0.2, -0.15) is 13.8 Å². The van der Waals surface area contributed by atoms with Crippen LogP contribution in [-0.2, 0) is 6.54 Å². The average molecular weight is 301 g/mol. The number of rotatable bonds is 6. The molecule has 0 fully saturated rings. The van der Waals surface area contributed by atoms with Gasteiger partial charge in [-0.05, 0) is 21.1 Å². The van der Waals surface area contributed by atoms with Crippen LogP contribution in [0.25, 0.3) is 0 Å². The second kappa shape index (κ2) is 6.42. The zero-order chi connectivity index (χ0) is 13.8. The molecule has 1 unspecified atom stereocenters. The van der Waals surface area contributed by atoms with Crippen LogP contribution in [0.1, 0.15) is 17.4 Å². The Morgan fingerprint density at radius 3 is 2.84 bits per heavy atom. The van der Waals surface area contributed by atoms with Crippen LogP contribution in [-0.4, -0.2) is 51.1 Å². The highest BCUT2D eigenvalue weighted by molar-refractivity contribution is 6.99. The first-order chi connectivity index (χ1) is 9.13. The molecule has 0 saturated carbocycles. The van der Waals surface area contributed by atoms with Crippen LogP contribution < -0.4 is 5.32 Å². The standard InChI is InChI=1S/C11H17ClN6S/c1-13-10(9-7-15-19-16-9)11-8(12)6-14-18(11)5-4-17(2)3/h6-7,10,13H,4-5H2,1-3H3. The summed E-state index contributed by atoms with van der Waals surface area (Å²) in [4.78, 5) is 2.11. The van der Waals surface area contributed by atoms with Gasteiger partial charge in [0, 0.05) is 6.54 Å². The molecule has 0 aromatic carbocycles. The maximum atomic E-state index is 6.27. The molecule has 0 aliphatic carbocycles. The Kier molecular flexibility index (Phi) is 4.87. The molecule has 0 aliphatic heterocycles. The highest BCUT2D eigenvalue weighted by Gasteiger charge is 2.22. The summed E-state index contributed by atoms with van der Waals surface area (Å²) in [7, 11) is 5.94. The van der Waals surface area contributed by atoms with Crippen molar-refractivity contribution in [3.8, 4) is 0 Å². The molecule has 104 valence electrons. The molecule has 0 spiro atoms. The van der Waals surface area contributed by atoms with Gasteiger partial charge in [0.05, 0.1) is 53.1 Å². The first-order valence-electron chi connectivity index (χ1n) is 5.94. The third-order valence-electron chi connectivity index (χ3n) is 2.83. The minimum Gasteiger partial charge on any atom is -0.308 e. The van der Waals surface area contributed by atoms with Crippen LogP contribution in [0.3, 0.4) is 0 Å². The van der Waals surface area contributed by atoms with E-state index >= 15 is 0 Å². The third kappa shape index (κ3) is 3.30. The molecule has 0 amide bonds. The summed E-state index contributed by atoms with van der Waals surface area (Å²) in [5, 5.41) is 8.21. The molecule has 0 saturated heterocycles. The highest BCUT2D eigenvalue weighted by atomic mass is 35.5. The molecule has 0 bridgehead atoms. The first-order valence-corrected chi connectivity index (χ1v) is 7.05. The number of halogens is 1. The fraction of sp³-hybridized carbons (Fsp3) is 0.545. The van der Waals surface area contributed by atoms with Gasteiger partial charge in [-0.3, -0.25) is 4.68 Å². The van der Waals surface area contributed by atoms with Crippen molar-refractivity contribution in [1.29, 1.82) is 0 Å². The second-order valence-electron chi connectivity index (χ2n) is 4.46. The van der Waals surface area contributed by atoms with Gasteiger partial charge in [-0.1, -0.05) is 11.6 Å². The Morgan fingerprint density at radius 2 is 2.26 bits per heavy atom. The summed E-state index contributed by atoms with van der Waals surface area (Å²) in [6, 6.07) is -0.0871. The summed E-state index contributed by atoms with van der Waals surface area (Å²) in [6.07, 6.45) is 3.43. The number of hydrogen-bond donors (Lipinski definition) is 1. The Labute approximate surface area is 121 Å². The molecule has 2 heterocycles. The van der Waals surface area contributed by atoms with Crippen molar-refractivity contribution in [3.05, 3.63) is 28.8 Å². The predicted molar refractivity (Wildman–Crippen MR) is 76.6 cm³/mol. The maximum Gasteiger partial charge on any atom is 0.0974 e. The van der Waals surface area contributed by atoms with Crippen molar-refractivity contribution in [2.24, 2.45) is 0 Å². The van der Waals surface area contributed by atoms with Gasteiger partial charge in [-0.15, -0.1) is 0 Å². The molecule has 2 aromatic rings. The lowest BCUT2D eigenvalue weighted by Gasteiger charge is -2.17. The molecular formula is C11H17ClN6S. The minimum absolute atomic E-state index is 0.0871. The van der Waals surface area contributed by atoms with Gasteiger partial charge in [0.2, 0.25) is 0 Å². The van der Waals surface area contributed by atoms with E-state index in [0.717, 1.165) is 24.5 Å². The SMILES string of the molecule is CNC(c1cnsn1)c1c(Cl)cnn1CCN(C)C. The van der Waals surface area contributed by atoms with Gasteiger partial charge in [-0.25, -0.2) is 0 Å². The lowest BCUT2D eigenvalue weighted by atomic mass is 10.1. The lowest BCUT2D eigenvalue weighted by molar-refractivity contribution is 0.366. The molecule has 2 rings (SSSR count). The van der Waals surface area contributed by atoms with Crippen LogP contribution in [0.15, 0.2) is 12.4 Å². The van der Waals surface area contributed by atoms with E-state index in [0.29, 0.717) is 5.02 Å². The van der Waals surface area contributed by atoms with Gasteiger partial charge in [0.1, 0.15) is 0 Å². The smallest absolute Gasteiger partial charge is 0.0974 e. The number of nitrogens with zero attached hydrogens (tertiary/aromatic N) is 5. The molecule has 2 aromatic heterocycles. The van der Waals surface area contributed by atoms with E-state index < -0.39 is 0 Å². The third-order valence-corrected chi connectivity index (χ3v) is 3.61. The van der Waals surface area contributed by atoms with Crippen molar-refractivity contribution < 1.29 is 0 Å². The fourth-order valence-corrected chi connectivity index (χ4v) is 2.56. The molecule has 19 heavy (non-hydrogen) atoms. The van der Waals surface area contributed by atoms with E-state index in [1.54, 1.807) is 12.4 Å². The molecule has 1 atom stereocenters. The molecular weight excluding hydrogens is 284 g/mol. The van der Waals surface area contributed by atoms with Crippen LogP contribution in [0.2, 0.25) is 5.02 Å². The highest BCUT2D eigenvalue weighted by Crippen LogP contribution is 2.27. The fourth-order valence-electron chi connectivity index (χ4n) is 1.86. The van der Waals surface area contributed by atoms with E-state index in [2.05, 4.69) is 24.1 Å². The largest absolute Gasteiger partial charge is 0.308 e. The van der Waals surface area contributed by atoms with Crippen LogP contribution in [0.5, 0.6) is 0 Å². The zero-order valence-electron chi connectivity index (χ0n) is 11.2. The van der Waals surface area contributed by atoms with Crippen LogP contribution in [0, 0.1) is 0 Å². The normalized spacial score (nSPS) is 13.1. The van der Waals surface area contributed by atoms with E-state index in [1.807, 2.05) is 25.8 Å². The van der Waals surface area contributed by atoms with Crippen molar-refractivity contribution >= 4 is 23.3 Å². The zero-order valence-corrected chi connectivity index (χ0v) is 12.7. The maximum absolute atomic E-state index is 6.27. The summed E-state index contributed by atoms with van der Waals surface area (Å²) >= 11 is 7.46. The van der Waals surface area contributed by atoms with E-state index in [9.17, 15) is 0 Å².